The van der Waals surface area contributed by atoms with E-state index in [2.05, 4.69) is 0 Å². The van der Waals surface area contributed by atoms with E-state index in [-0.39, 0.29) is 24.2 Å². The normalized spacial score (nSPS) is 14.1. The summed E-state index contributed by atoms with van der Waals surface area (Å²) in [7, 11) is 1.71. The van der Waals surface area contributed by atoms with Crippen LogP contribution in [-0.2, 0) is 11.3 Å². The van der Waals surface area contributed by atoms with Crippen molar-refractivity contribution in [1.29, 1.82) is 0 Å². The second kappa shape index (κ2) is 7.34. The summed E-state index contributed by atoms with van der Waals surface area (Å²) in [6.45, 7) is 1.25. The first-order valence-corrected chi connectivity index (χ1v) is 8.15. The molecule has 1 saturated heterocycles. The van der Waals surface area contributed by atoms with Crippen molar-refractivity contribution in [2.45, 2.75) is 6.54 Å². The molecule has 2 aromatic rings. The number of anilines is 1. The van der Waals surface area contributed by atoms with E-state index in [1.54, 1.807) is 30.1 Å². The van der Waals surface area contributed by atoms with Crippen LogP contribution >= 0.6 is 0 Å². The minimum absolute atomic E-state index is 0.00683. The smallest absolute Gasteiger partial charge is 0.325 e. The highest BCUT2D eigenvalue weighted by atomic mass is 19.1. The summed E-state index contributed by atoms with van der Waals surface area (Å²) in [5.74, 6) is -0.585. The number of carbonyl (C=O) groups is 2. The number of hydrogen-bond acceptors (Lipinski definition) is 2. The van der Waals surface area contributed by atoms with E-state index in [0.29, 0.717) is 19.6 Å². The summed E-state index contributed by atoms with van der Waals surface area (Å²) in [4.78, 5) is 29.3. The molecule has 6 heteroatoms. The Morgan fingerprint density at radius 3 is 2.48 bits per heavy atom. The van der Waals surface area contributed by atoms with E-state index >= 15 is 0 Å². The predicted octanol–water partition coefficient (Wildman–Crippen LogP) is 2.73. The lowest BCUT2D eigenvalue weighted by atomic mass is 10.2. The monoisotopic (exact) mass is 341 g/mol. The molecule has 2 aromatic carbocycles. The second-order valence-corrected chi connectivity index (χ2v) is 6.04. The number of amides is 3. The Labute approximate surface area is 146 Å². The van der Waals surface area contributed by atoms with Gasteiger partial charge in [-0.25, -0.2) is 9.18 Å². The first-order valence-electron chi connectivity index (χ1n) is 8.15. The highest BCUT2D eigenvalue weighted by Gasteiger charge is 2.32. The van der Waals surface area contributed by atoms with Gasteiger partial charge in [-0.05, 0) is 17.7 Å². The first kappa shape index (κ1) is 17.0. The fraction of sp³-hybridized carbons (Fsp3) is 0.263. The zero-order valence-corrected chi connectivity index (χ0v) is 14.1. The van der Waals surface area contributed by atoms with Crippen molar-refractivity contribution in [3.05, 3.63) is 66.0 Å². The van der Waals surface area contributed by atoms with Gasteiger partial charge in [-0.3, -0.25) is 9.69 Å². The number of likely N-dealkylation sites (N-methyl/N-ethyl adjacent to an activating group) is 1. The second-order valence-electron chi connectivity index (χ2n) is 6.04. The Morgan fingerprint density at radius 1 is 1.08 bits per heavy atom. The van der Waals surface area contributed by atoms with E-state index < -0.39 is 5.82 Å². The number of halogens is 1. The van der Waals surface area contributed by atoms with Crippen LogP contribution in [0.3, 0.4) is 0 Å². The summed E-state index contributed by atoms with van der Waals surface area (Å²) in [6.07, 6.45) is 0. The number of hydrogen-bond donors (Lipinski definition) is 0. The molecule has 3 amide bonds. The minimum Gasteiger partial charge on any atom is -0.340 e. The summed E-state index contributed by atoms with van der Waals surface area (Å²) in [5.41, 5.74) is 1.28. The van der Waals surface area contributed by atoms with Crippen LogP contribution in [0.25, 0.3) is 0 Å². The first-order chi connectivity index (χ1) is 12.1. The lowest BCUT2D eigenvalue weighted by Gasteiger charge is -2.22. The molecule has 0 atom stereocenters. The fourth-order valence-electron chi connectivity index (χ4n) is 2.85. The Morgan fingerprint density at radius 2 is 1.76 bits per heavy atom. The van der Waals surface area contributed by atoms with Gasteiger partial charge in [0, 0.05) is 26.7 Å². The molecule has 0 unspecified atom stereocenters. The van der Waals surface area contributed by atoms with Gasteiger partial charge in [0.1, 0.15) is 12.4 Å². The summed E-state index contributed by atoms with van der Waals surface area (Å²) >= 11 is 0. The third-order valence-electron chi connectivity index (χ3n) is 4.25. The lowest BCUT2D eigenvalue weighted by molar-refractivity contribution is -0.130. The molecule has 0 bridgehead atoms. The van der Waals surface area contributed by atoms with Crippen molar-refractivity contribution in [3.63, 3.8) is 0 Å². The predicted molar refractivity (Wildman–Crippen MR) is 93.6 cm³/mol. The van der Waals surface area contributed by atoms with Gasteiger partial charge in [-0.2, -0.15) is 0 Å². The third kappa shape index (κ3) is 3.79. The van der Waals surface area contributed by atoms with Gasteiger partial charge in [-0.15, -0.1) is 0 Å². The standard InChI is InChI=1S/C19H20FN3O2/c1-21(13-15-7-3-2-4-8-15)18(24)14-22-11-12-23(19(22)25)17-10-6-5-9-16(17)20/h2-10H,11-14H2,1H3. The van der Waals surface area contributed by atoms with Crippen molar-refractivity contribution in [2.75, 3.05) is 31.6 Å². The Kier molecular flexibility index (Phi) is 4.97. The van der Waals surface area contributed by atoms with Crippen LogP contribution in [-0.4, -0.2) is 48.4 Å². The average molecular weight is 341 g/mol. The van der Waals surface area contributed by atoms with Crippen LogP contribution in [0.5, 0.6) is 0 Å². The summed E-state index contributed by atoms with van der Waals surface area (Å²) < 4.78 is 13.9. The fourth-order valence-corrected chi connectivity index (χ4v) is 2.85. The molecular formula is C19H20FN3O2. The van der Waals surface area contributed by atoms with Gasteiger partial charge < -0.3 is 9.80 Å². The largest absolute Gasteiger partial charge is 0.340 e. The Hall–Kier alpha value is -2.89. The maximum Gasteiger partial charge on any atom is 0.325 e. The van der Waals surface area contributed by atoms with Crippen molar-refractivity contribution in [1.82, 2.24) is 9.80 Å². The van der Waals surface area contributed by atoms with Gasteiger partial charge in [0.15, 0.2) is 0 Å². The molecule has 0 saturated carbocycles. The van der Waals surface area contributed by atoms with Crippen LogP contribution in [0.15, 0.2) is 54.6 Å². The zero-order valence-electron chi connectivity index (χ0n) is 14.1. The molecule has 0 aromatic heterocycles. The van der Waals surface area contributed by atoms with Gasteiger partial charge in [-0.1, -0.05) is 42.5 Å². The number of nitrogens with zero attached hydrogens (tertiary/aromatic N) is 3. The molecule has 0 spiro atoms. The molecular weight excluding hydrogens is 321 g/mol. The van der Waals surface area contributed by atoms with Gasteiger partial charge in [0.25, 0.3) is 0 Å². The van der Waals surface area contributed by atoms with E-state index in [9.17, 15) is 14.0 Å². The zero-order chi connectivity index (χ0) is 17.8. The molecule has 0 N–H and O–H groups in total. The maximum absolute atomic E-state index is 13.9. The highest BCUT2D eigenvalue weighted by molar-refractivity contribution is 5.96. The molecule has 0 aliphatic carbocycles. The molecule has 0 radical (unpaired) electrons. The molecule has 130 valence electrons. The van der Waals surface area contributed by atoms with Crippen molar-refractivity contribution < 1.29 is 14.0 Å². The molecule has 3 rings (SSSR count). The van der Waals surface area contributed by atoms with Gasteiger partial charge in [0.05, 0.1) is 5.69 Å². The molecule has 1 aliphatic rings. The van der Waals surface area contributed by atoms with E-state index in [4.69, 9.17) is 0 Å². The van der Waals surface area contributed by atoms with E-state index in [1.165, 1.54) is 15.9 Å². The van der Waals surface area contributed by atoms with Gasteiger partial charge >= 0.3 is 6.03 Å². The Balaban J connectivity index is 1.61. The van der Waals surface area contributed by atoms with Crippen LogP contribution in [0.1, 0.15) is 5.56 Å². The average Bonchev–Trinajstić information content (AvgIpc) is 2.97. The number of carbonyl (C=O) groups excluding carboxylic acids is 2. The molecule has 25 heavy (non-hydrogen) atoms. The number of para-hydroxylation sites is 1. The number of benzene rings is 2. The topological polar surface area (TPSA) is 43.9 Å². The van der Waals surface area contributed by atoms with Crippen LogP contribution in [0.4, 0.5) is 14.9 Å². The quantitative estimate of drug-likeness (QED) is 0.839. The van der Waals surface area contributed by atoms with E-state index in [0.717, 1.165) is 5.56 Å². The van der Waals surface area contributed by atoms with Crippen molar-refractivity contribution in [2.24, 2.45) is 0 Å². The van der Waals surface area contributed by atoms with Crippen molar-refractivity contribution in [3.8, 4) is 0 Å². The number of urea groups is 1. The molecule has 1 fully saturated rings. The maximum atomic E-state index is 13.9. The van der Waals surface area contributed by atoms with Crippen LogP contribution < -0.4 is 4.90 Å². The van der Waals surface area contributed by atoms with E-state index in [1.807, 2.05) is 30.3 Å². The Bertz CT molecular complexity index is 766. The summed E-state index contributed by atoms with van der Waals surface area (Å²) in [6, 6.07) is 15.5. The highest BCUT2D eigenvalue weighted by Crippen LogP contribution is 2.23. The third-order valence-corrected chi connectivity index (χ3v) is 4.25. The minimum atomic E-state index is -0.440. The number of rotatable bonds is 5. The summed E-state index contributed by atoms with van der Waals surface area (Å²) in [5, 5.41) is 0. The van der Waals surface area contributed by atoms with Gasteiger partial charge in [0.2, 0.25) is 5.91 Å². The van der Waals surface area contributed by atoms with Crippen LogP contribution in [0.2, 0.25) is 0 Å². The lowest BCUT2D eigenvalue weighted by Crippen LogP contribution is -2.40. The SMILES string of the molecule is CN(Cc1ccccc1)C(=O)CN1CCN(c2ccccc2F)C1=O. The molecule has 5 nitrogen and oxygen atoms in total. The molecule has 1 heterocycles. The molecule has 1 aliphatic heterocycles. The van der Waals surface area contributed by atoms with Crippen LogP contribution in [0, 0.1) is 5.82 Å². The van der Waals surface area contributed by atoms with Crippen molar-refractivity contribution >= 4 is 17.6 Å².